The summed E-state index contributed by atoms with van der Waals surface area (Å²) in [4.78, 5) is 12.6. The molecule has 0 heterocycles. The van der Waals surface area contributed by atoms with E-state index in [9.17, 15) is 22.7 Å². The van der Waals surface area contributed by atoms with Crippen molar-refractivity contribution in [2.75, 3.05) is 5.32 Å². The Bertz CT molecular complexity index is 1370. The highest BCUT2D eigenvalue weighted by atomic mass is 32.2. The van der Waals surface area contributed by atoms with Crippen molar-refractivity contribution in [2.45, 2.75) is 49.6 Å². The fraction of sp³-hybridized carbons (Fsp3) is 0.269. The molecule has 0 fully saturated rings. The second-order valence-corrected chi connectivity index (χ2v) is 10.8. The molecule has 34 heavy (non-hydrogen) atoms. The third kappa shape index (κ3) is 4.36. The smallest absolute Gasteiger partial charge is 0.255 e. The van der Waals surface area contributed by atoms with Crippen LogP contribution in [0.2, 0.25) is 0 Å². The second kappa shape index (κ2) is 8.61. The summed E-state index contributed by atoms with van der Waals surface area (Å²) in [5.74, 6) is -0.903. The fourth-order valence-corrected chi connectivity index (χ4v) is 5.93. The third-order valence-electron chi connectivity index (χ3n) is 6.69. The van der Waals surface area contributed by atoms with E-state index >= 15 is 0 Å². The Labute approximate surface area is 198 Å². The number of aryl methyl sites for hydroxylation is 2. The van der Waals surface area contributed by atoms with Crippen LogP contribution in [0.25, 0.3) is 0 Å². The monoisotopic (exact) mass is 482 g/mol. The number of nitrogens with one attached hydrogen (secondary N) is 2. The van der Waals surface area contributed by atoms with Gasteiger partial charge in [-0.15, -0.1) is 0 Å². The molecule has 8 heteroatoms. The number of sulfonamides is 1. The van der Waals surface area contributed by atoms with E-state index in [1.807, 2.05) is 24.3 Å². The summed E-state index contributed by atoms with van der Waals surface area (Å²) >= 11 is 0. The SMILES string of the molecule is Cc1cc(NC(=O)c2cccc(S(=O)(=O)NC3(C)CCc4ccccc4C3(C)O)c2)ccc1F. The summed E-state index contributed by atoms with van der Waals surface area (Å²) in [7, 11) is -4.07. The number of hydrogen-bond donors (Lipinski definition) is 3. The van der Waals surface area contributed by atoms with E-state index in [2.05, 4.69) is 10.0 Å². The Morgan fingerprint density at radius 1 is 1.03 bits per heavy atom. The van der Waals surface area contributed by atoms with Crippen molar-refractivity contribution in [3.05, 3.63) is 94.8 Å². The van der Waals surface area contributed by atoms with E-state index < -0.39 is 27.1 Å². The molecular formula is C26H27FN2O4S. The maximum absolute atomic E-state index is 13.5. The lowest BCUT2D eigenvalue weighted by molar-refractivity contribution is -0.0364. The van der Waals surface area contributed by atoms with Gasteiger partial charge < -0.3 is 10.4 Å². The van der Waals surface area contributed by atoms with Gasteiger partial charge >= 0.3 is 0 Å². The highest BCUT2D eigenvalue weighted by Gasteiger charge is 2.50. The first-order valence-corrected chi connectivity index (χ1v) is 12.4. The lowest BCUT2D eigenvalue weighted by Gasteiger charge is -2.47. The molecule has 1 amide bonds. The molecule has 0 spiro atoms. The molecule has 0 bridgehead atoms. The van der Waals surface area contributed by atoms with Crippen LogP contribution in [0.4, 0.5) is 10.1 Å². The molecule has 3 aromatic carbocycles. The minimum absolute atomic E-state index is 0.0914. The van der Waals surface area contributed by atoms with E-state index in [1.54, 1.807) is 20.8 Å². The van der Waals surface area contributed by atoms with Gasteiger partial charge in [0.15, 0.2) is 0 Å². The van der Waals surface area contributed by atoms with Crippen LogP contribution in [-0.4, -0.2) is 25.0 Å². The van der Waals surface area contributed by atoms with Gasteiger partial charge in [-0.1, -0.05) is 30.3 Å². The van der Waals surface area contributed by atoms with Crippen LogP contribution < -0.4 is 10.0 Å². The number of hydrogen-bond acceptors (Lipinski definition) is 4. The van der Waals surface area contributed by atoms with Crippen LogP contribution in [0.1, 0.15) is 47.3 Å². The highest BCUT2D eigenvalue weighted by Crippen LogP contribution is 2.43. The molecule has 3 aromatic rings. The Morgan fingerprint density at radius 3 is 2.50 bits per heavy atom. The van der Waals surface area contributed by atoms with Gasteiger partial charge in [0.05, 0.1) is 10.4 Å². The van der Waals surface area contributed by atoms with E-state index in [4.69, 9.17) is 0 Å². The molecule has 1 aliphatic rings. The summed E-state index contributed by atoms with van der Waals surface area (Å²) in [6.45, 7) is 4.89. The number of carbonyl (C=O) groups is 1. The minimum atomic E-state index is -4.07. The molecule has 2 atom stereocenters. The molecule has 4 rings (SSSR count). The van der Waals surface area contributed by atoms with E-state index in [1.165, 1.54) is 42.5 Å². The molecule has 0 saturated carbocycles. The molecule has 0 saturated heterocycles. The predicted molar refractivity (Wildman–Crippen MR) is 129 cm³/mol. The number of carbonyl (C=O) groups excluding carboxylic acids is 1. The van der Waals surface area contributed by atoms with Gasteiger partial charge in [0.1, 0.15) is 11.4 Å². The zero-order valence-corrected chi connectivity index (χ0v) is 20.0. The highest BCUT2D eigenvalue weighted by molar-refractivity contribution is 7.89. The van der Waals surface area contributed by atoms with E-state index in [0.29, 0.717) is 29.7 Å². The standard InChI is InChI=1S/C26H27FN2O4S/c1-17-15-20(11-12-23(17)27)28-24(30)19-8-6-9-21(16-19)34(32,33)29-25(2)14-13-18-7-4-5-10-22(18)26(25,3)31/h4-12,15-16,29,31H,13-14H2,1-3H3,(H,28,30). The first kappa shape index (κ1) is 24.1. The van der Waals surface area contributed by atoms with Gasteiger partial charge in [0.2, 0.25) is 10.0 Å². The van der Waals surface area contributed by atoms with Crippen molar-refractivity contribution in [1.29, 1.82) is 0 Å². The van der Waals surface area contributed by atoms with Crippen molar-refractivity contribution in [1.82, 2.24) is 4.72 Å². The van der Waals surface area contributed by atoms with Crippen molar-refractivity contribution < 1.29 is 22.7 Å². The third-order valence-corrected chi connectivity index (χ3v) is 8.29. The summed E-state index contributed by atoms with van der Waals surface area (Å²) in [5.41, 5.74) is -0.00905. The lowest BCUT2D eigenvalue weighted by atomic mass is 9.69. The molecular weight excluding hydrogens is 455 g/mol. The second-order valence-electron chi connectivity index (χ2n) is 9.11. The van der Waals surface area contributed by atoms with Crippen molar-refractivity contribution >= 4 is 21.6 Å². The Morgan fingerprint density at radius 2 is 1.76 bits per heavy atom. The summed E-state index contributed by atoms with van der Waals surface area (Å²) < 4.78 is 42.8. The quantitative estimate of drug-likeness (QED) is 0.506. The normalized spacial score (nSPS) is 22.1. The first-order chi connectivity index (χ1) is 15.9. The van der Waals surface area contributed by atoms with Crippen LogP contribution in [-0.2, 0) is 22.0 Å². The van der Waals surface area contributed by atoms with Crippen LogP contribution in [0.15, 0.2) is 71.6 Å². The van der Waals surface area contributed by atoms with Gasteiger partial charge in [0, 0.05) is 11.3 Å². The van der Waals surface area contributed by atoms with Crippen LogP contribution in [0, 0.1) is 12.7 Å². The molecule has 3 N–H and O–H groups in total. The zero-order chi connectivity index (χ0) is 24.7. The van der Waals surface area contributed by atoms with E-state index in [-0.39, 0.29) is 16.3 Å². The van der Waals surface area contributed by atoms with Gasteiger partial charge in [-0.3, -0.25) is 4.79 Å². The fourth-order valence-electron chi connectivity index (χ4n) is 4.37. The largest absolute Gasteiger partial charge is 0.383 e. The van der Waals surface area contributed by atoms with Gasteiger partial charge in [0.25, 0.3) is 5.91 Å². The zero-order valence-electron chi connectivity index (χ0n) is 19.2. The van der Waals surface area contributed by atoms with Crippen molar-refractivity contribution in [3.8, 4) is 0 Å². The number of amides is 1. The van der Waals surface area contributed by atoms with Crippen LogP contribution >= 0.6 is 0 Å². The van der Waals surface area contributed by atoms with E-state index in [0.717, 1.165) is 5.56 Å². The Kier molecular flexibility index (Phi) is 6.10. The molecule has 1 aliphatic carbocycles. The minimum Gasteiger partial charge on any atom is -0.383 e. The van der Waals surface area contributed by atoms with Gasteiger partial charge in [-0.05, 0) is 86.7 Å². The number of halogens is 1. The number of rotatable bonds is 5. The topological polar surface area (TPSA) is 95.5 Å². The summed E-state index contributed by atoms with van der Waals surface area (Å²) in [6.07, 6.45) is 1.02. The summed E-state index contributed by atoms with van der Waals surface area (Å²) in [6, 6.07) is 17.3. The van der Waals surface area contributed by atoms with Crippen LogP contribution in [0.3, 0.4) is 0 Å². The maximum atomic E-state index is 13.5. The number of anilines is 1. The maximum Gasteiger partial charge on any atom is 0.255 e. The lowest BCUT2D eigenvalue weighted by Crippen LogP contribution is -2.61. The van der Waals surface area contributed by atoms with Crippen molar-refractivity contribution in [2.24, 2.45) is 0 Å². The number of benzene rings is 3. The molecule has 0 aliphatic heterocycles. The molecule has 6 nitrogen and oxygen atoms in total. The van der Waals surface area contributed by atoms with Crippen LogP contribution in [0.5, 0.6) is 0 Å². The molecule has 2 unspecified atom stereocenters. The van der Waals surface area contributed by atoms with Crippen molar-refractivity contribution in [3.63, 3.8) is 0 Å². The molecule has 178 valence electrons. The van der Waals surface area contributed by atoms with Gasteiger partial charge in [-0.25, -0.2) is 17.5 Å². The molecule has 0 radical (unpaired) electrons. The van der Waals surface area contributed by atoms with Gasteiger partial charge in [-0.2, -0.15) is 0 Å². The summed E-state index contributed by atoms with van der Waals surface area (Å²) in [5, 5.41) is 14.0. The average molecular weight is 483 g/mol. The number of fused-ring (bicyclic) bond motifs is 1. The molecule has 0 aromatic heterocycles. The first-order valence-electron chi connectivity index (χ1n) is 11.0. The Balaban J connectivity index is 1.59. The number of aliphatic hydroxyl groups is 1. The average Bonchev–Trinajstić information content (AvgIpc) is 2.79. The predicted octanol–water partition coefficient (Wildman–Crippen LogP) is 4.28. The Hall–Kier alpha value is -3.07.